The van der Waals surface area contributed by atoms with Crippen molar-refractivity contribution < 1.29 is 14.5 Å². The smallest absolute Gasteiger partial charge is 0.311 e. The SMILES string of the molecule is O=Cc1ccc([N+](=O)[O-])c(Oc2nc(-c3cccnc3)nc3ccccc23)c1. The summed E-state index contributed by atoms with van der Waals surface area (Å²) < 4.78 is 5.82. The molecule has 0 radical (unpaired) electrons. The van der Waals surface area contributed by atoms with E-state index in [9.17, 15) is 14.9 Å². The first-order valence-corrected chi connectivity index (χ1v) is 8.24. The van der Waals surface area contributed by atoms with Gasteiger partial charge in [-0.15, -0.1) is 0 Å². The van der Waals surface area contributed by atoms with E-state index in [-0.39, 0.29) is 22.9 Å². The molecule has 4 rings (SSSR count). The van der Waals surface area contributed by atoms with E-state index in [0.29, 0.717) is 28.6 Å². The Balaban J connectivity index is 1.89. The largest absolute Gasteiger partial charge is 0.431 e. The van der Waals surface area contributed by atoms with Gasteiger partial charge in [-0.05, 0) is 36.4 Å². The molecule has 0 fully saturated rings. The molecule has 2 heterocycles. The van der Waals surface area contributed by atoms with Gasteiger partial charge in [0.25, 0.3) is 0 Å². The van der Waals surface area contributed by atoms with Crippen LogP contribution < -0.4 is 4.74 Å². The number of hydrogen-bond donors (Lipinski definition) is 0. The minimum Gasteiger partial charge on any atom is -0.431 e. The van der Waals surface area contributed by atoms with E-state index in [4.69, 9.17) is 4.74 Å². The number of rotatable bonds is 5. The zero-order valence-electron chi connectivity index (χ0n) is 14.4. The zero-order valence-corrected chi connectivity index (χ0v) is 14.4. The van der Waals surface area contributed by atoms with Crippen LogP contribution in [-0.2, 0) is 0 Å². The first kappa shape index (κ1) is 17.2. The second kappa shape index (κ2) is 7.20. The summed E-state index contributed by atoms with van der Waals surface area (Å²) in [7, 11) is 0. The maximum Gasteiger partial charge on any atom is 0.311 e. The standard InChI is InChI=1S/C20H12N4O4/c25-12-13-7-8-17(24(26)27)18(10-13)28-20-15-5-1-2-6-16(15)22-19(23-20)14-4-3-9-21-11-14/h1-12H. The van der Waals surface area contributed by atoms with Gasteiger partial charge in [-0.1, -0.05) is 12.1 Å². The van der Waals surface area contributed by atoms with Crippen LogP contribution in [0.4, 0.5) is 5.69 Å². The average molecular weight is 372 g/mol. The molecule has 0 unspecified atom stereocenters. The summed E-state index contributed by atoms with van der Waals surface area (Å²) in [5.74, 6) is 0.446. The molecule has 8 heteroatoms. The summed E-state index contributed by atoms with van der Waals surface area (Å²) in [4.78, 5) is 34.9. The quantitative estimate of drug-likeness (QED) is 0.293. The Labute approximate surface area is 158 Å². The Morgan fingerprint density at radius 3 is 2.64 bits per heavy atom. The molecule has 0 aliphatic rings. The molecular formula is C20H12N4O4. The number of nitrogens with zero attached hydrogens (tertiary/aromatic N) is 4. The van der Waals surface area contributed by atoms with Gasteiger partial charge in [-0.2, -0.15) is 4.98 Å². The van der Waals surface area contributed by atoms with E-state index in [2.05, 4.69) is 15.0 Å². The highest BCUT2D eigenvalue weighted by molar-refractivity contribution is 5.85. The van der Waals surface area contributed by atoms with Gasteiger partial charge >= 0.3 is 5.69 Å². The molecule has 0 saturated heterocycles. The molecule has 0 aliphatic heterocycles. The van der Waals surface area contributed by atoms with Crippen LogP contribution in [0, 0.1) is 10.1 Å². The van der Waals surface area contributed by atoms with Crippen molar-refractivity contribution in [2.24, 2.45) is 0 Å². The summed E-state index contributed by atoms with van der Waals surface area (Å²) in [6, 6.07) is 14.6. The molecule has 28 heavy (non-hydrogen) atoms. The van der Waals surface area contributed by atoms with E-state index >= 15 is 0 Å². The van der Waals surface area contributed by atoms with Crippen molar-refractivity contribution in [2.45, 2.75) is 0 Å². The van der Waals surface area contributed by atoms with Crippen molar-refractivity contribution in [1.82, 2.24) is 15.0 Å². The van der Waals surface area contributed by atoms with Crippen molar-refractivity contribution in [1.29, 1.82) is 0 Å². The molecule has 0 amide bonds. The van der Waals surface area contributed by atoms with Crippen LogP contribution in [0.5, 0.6) is 11.6 Å². The Kier molecular flexibility index (Phi) is 4.43. The number of carbonyl (C=O) groups excluding carboxylic acids is 1. The fraction of sp³-hybridized carbons (Fsp3) is 0. The maximum absolute atomic E-state index is 11.4. The van der Waals surface area contributed by atoms with Crippen molar-refractivity contribution in [2.75, 3.05) is 0 Å². The van der Waals surface area contributed by atoms with E-state index in [1.165, 1.54) is 18.2 Å². The van der Waals surface area contributed by atoms with E-state index in [1.54, 1.807) is 42.7 Å². The molecule has 4 aromatic rings. The summed E-state index contributed by atoms with van der Waals surface area (Å²) in [5.41, 5.74) is 1.28. The predicted molar refractivity (Wildman–Crippen MR) is 101 cm³/mol. The summed E-state index contributed by atoms with van der Waals surface area (Å²) in [5, 5.41) is 11.9. The van der Waals surface area contributed by atoms with Gasteiger partial charge in [0, 0.05) is 29.6 Å². The van der Waals surface area contributed by atoms with Gasteiger partial charge in [0.05, 0.1) is 15.8 Å². The highest BCUT2D eigenvalue weighted by Crippen LogP contribution is 2.35. The molecule has 0 aliphatic carbocycles. The highest BCUT2D eigenvalue weighted by Gasteiger charge is 2.19. The van der Waals surface area contributed by atoms with Crippen LogP contribution in [0.3, 0.4) is 0 Å². The molecule has 0 bridgehead atoms. The molecule has 2 aromatic carbocycles. The van der Waals surface area contributed by atoms with E-state index in [0.717, 1.165) is 0 Å². The summed E-state index contributed by atoms with van der Waals surface area (Å²) in [6.45, 7) is 0. The van der Waals surface area contributed by atoms with E-state index in [1.807, 2.05) is 6.07 Å². The number of hydrogen-bond acceptors (Lipinski definition) is 7. The molecule has 136 valence electrons. The van der Waals surface area contributed by atoms with Crippen LogP contribution in [0.15, 0.2) is 67.0 Å². The molecular weight excluding hydrogens is 360 g/mol. The van der Waals surface area contributed by atoms with Gasteiger partial charge in [0.2, 0.25) is 11.6 Å². The van der Waals surface area contributed by atoms with Crippen LogP contribution in [-0.4, -0.2) is 26.2 Å². The molecule has 2 aromatic heterocycles. The van der Waals surface area contributed by atoms with Gasteiger partial charge < -0.3 is 4.74 Å². The lowest BCUT2D eigenvalue weighted by molar-refractivity contribution is -0.385. The Bertz CT molecular complexity index is 1200. The summed E-state index contributed by atoms with van der Waals surface area (Å²) >= 11 is 0. The zero-order chi connectivity index (χ0) is 19.5. The van der Waals surface area contributed by atoms with Gasteiger partial charge in [-0.3, -0.25) is 19.9 Å². The fourth-order valence-corrected chi connectivity index (χ4v) is 2.69. The predicted octanol–water partition coefficient (Wildman–Crippen LogP) is 4.20. The van der Waals surface area contributed by atoms with E-state index < -0.39 is 4.92 Å². The third-order valence-corrected chi connectivity index (χ3v) is 4.01. The molecule has 0 atom stereocenters. The minimum atomic E-state index is -0.574. The number of ether oxygens (including phenoxy) is 1. The monoisotopic (exact) mass is 372 g/mol. The topological polar surface area (TPSA) is 108 Å². The number of pyridine rings is 1. The molecule has 0 N–H and O–H groups in total. The number of nitro groups is 1. The number of fused-ring (bicyclic) bond motifs is 1. The van der Waals surface area contributed by atoms with Crippen molar-refractivity contribution in [3.8, 4) is 23.0 Å². The van der Waals surface area contributed by atoms with Crippen molar-refractivity contribution in [3.05, 3.63) is 82.7 Å². The number of carbonyl (C=O) groups is 1. The number of benzene rings is 2. The first-order valence-electron chi connectivity index (χ1n) is 8.24. The van der Waals surface area contributed by atoms with Gasteiger partial charge in [0.15, 0.2) is 5.82 Å². The lowest BCUT2D eigenvalue weighted by Gasteiger charge is -2.10. The van der Waals surface area contributed by atoms with Gasteiger partial charge in [-0.25, -0.2) is 4.98 Å². The third kappa shape index (κ3) is 3.26. The van der Waals surface area contributed by atoms with Crippen LogP contribution in [0.2, 0.25) is 0 Å². The molecule has 8 nitrogen and oxygen atoms in total. The fourth-order valence-electron chi connectivity index (χ4n) is 2.69. The van der Waals surface area contributed by atoms with Crippen LogP contribution in [0.1, 0.15) is 10.4 Å². The second-order valence-corrected chi connectivity index (χ2v) is 5.82. The highest BCUT2D eigenvalue weighted by atomic mass is 16.6. The normalized spacial score (nSPS) is 10.6. The lowest BCUT2D eigenvalue weighted by atomic mass is 10.2. The second-order valence-electron chi connectivity index (χ2n) is 5.82. The maximum atomic E-state index is 11.4. The Hall–Kier alpha value is -4.20. The van der Waals surface area contributed by atoms with Gasteiger partial charge in [0.1, 0.15) is 6.29 Å². The number of aromatic nitrogens is 3. The number of nitro benzene ring substituents is 1. The Morgan fingerprint density at radius 1 is 1.04 bits per heavy atom. The first-order chi connectivity index (χ1) is 13.7. The third-order valence-electron chi connectivity index (χ3n) is 4.01. The average Bonchev–Trinajstić information content (AvgIpc) is 2.74. The lowest BCUT2D eigenvalue weighted by Crippen LogP contribution is -1.99. The number of para-hydroxylation sites is 1. The summed E-state index contributed by atoms with van der Waals surface area (Å²) in [6.07, 6.45) is 3.84. The molecule has 0 saturated carbocycles. The van der Waals surface area contributed by atoms with Crippen molar-refractivity contribution in [3.63, 3.8) is 0 Å². The minimum absolute atomic E-state index is 0.0735. The Morgan fingerprint density at radius 2 is 1.89 bits per heavy atom. The van der Waals surface area contributed by atoms with Crippen LogP contribution >= 0.6 is 0 Å². The molecule has 0 spiro atoms. The number of aldehydes is 1. The van der Waals surface area contributed by atoms with Crippen LogP contribution in [0.25, 0.3) is 22.3 Å². The van der Waals surface area contributed by atoms with Crippen molar-refractivity contribution >= 4 is 22.9 Å².